The maximum atomic E-state index is 14.4. The summed E-state index contributed by atoms with van der Waals surface area (Å²) in [4.78, 5) is 76.9. The molecule has 0 amide bonds. The SMILES string of the molecule is COC(=O)C[C@@H]1Cc2cc3c(c(O)c2[C@H](C)O1)C(=O)[C@H]1C[C@@]3(OC(C)=O)c2c(O)c3c(c(O)c21)C(=O)[C@]1(O)[C@H](C)O[C@@H](CC(=O)O)C[C@@]1(Cl)C3=O. The number of Topliss-reactive ketones (excluding diaryl/α,β-unsaturated/α-hetero) is 3. The first-order chi connectivity index (χ1) is 23.8. The molecule has 3 aliphatic carbocycles. The van der Waals surface area contributed by atoms with Crippen LogP contribution in [-0.2, 0) is 45.4 Å². The van der Waals surface area contributed by atoms with Crippen LogP contribution in [0.25, 0.3) is 0 Å². The van der Waals surface area contributed by atoms with Gasteiger partial charge < -0.3 is 44.5 Å². The zero-order valence-corrected chi connectivity index (χ0v) is 28.5. The molecule has 1 saturated heterocycles. The molecule has 16 heteroatoms. The first-order valence-electron chi connectivity index (χ1n) is 16.2. The van der Waals surface area contributed by atoms with E-state index >= 15 is 0 Å². The lowest BCUT2D eigenvalue weighted by molar-refractivity contribution is -0.168. The van der Waals surface area contributed by atoms with E-state index in [1.807, 2.05) is 0 Å². The first kappa shape index (κ1) is 34.9. The normalized spacial score (nSPS) is 33.0. The van der Waals surface area contributed by atoms with Gasteiger partial charge in [0.1, 0.15) is 22.1 Å². The molecule has 0 saturated carbocycles. The van der Waals surface area contributed by atoms with E-state index in [0.29, 0.717) is 5.56 Å². The quantitative estimate of drug-likeness (QED) is 0.169. The van der Waals surface area contributed by atoms with Crippen LogP contribution < -0.4 is 0 Å². The van der Waals surface area contributed by atoms with Gasteiger partial charge in [-0.3, -0.25) is 28.8 Å². The molecule has 1 fully saturated rings. The number of aliphatic hydroxyl groups is 1. The minimum Gasteiger partial charge on any atom is -0.507 e. The van der Waals surface area contributed by atoms with Gasteiger partial charge in [0, 0.05) is 36.5 Å². The number of phenolic OH excluding ortho intramolecular Hbond substituents is 3. The maximum absolute atomic E-state index is 14.4. The molecule has 2 aromatic carbocycles. The minimum atomic E-state index is -2.85. The van der Waals surface area contributed by atoms with Crippen molar-refractivity contribution in [3.8, 4) is 17.2 Å². The molecule has 2 bridgehead atoms. The molecule has 0 radical (unpaired) electrons. The van der Waals surface area contributed by atoms with Gasteiger partial charge in [0.25, 0.3) is 0 Å². The third-order valence-corrected chi connectivity index (χ3v) is 11.6. The summed E-state index contributed by atoms with van der Waals surface area (Å²) < 4.78 is 22.3. The summed E-state index contributed by atoms with van der Waals surface area (Å²) in [6.07, 6.45) is -6.15. The molecule has 5 aliphatic rings. The number of phenols is 3. The second-order valence-corrected chi connectivity index (χ2v) is 14.5. The zero-order chi connectivity index (χ0) is 37.3. The van der Waals surface area contributed by atoms with Crippen LogP contribution in [0.4, 0.5) is 0 Å². The molecular formula is C35H33ClO15. The third-order valence-electron chi connectivity index (χ3n) is 11.0. The van der Waals surface area contributed by atoms with E-state index in [-0.39, 0.29) is 35.1 Å². The molecule has 0 spiro atoms. The second-order valence-electron chi connectivity index (χ2n) is 13.8. The van der Waals surface area contributed by atoms with Crippen LogP contribution >= 0.6 is 11.6 Å². The van der Waals surface area contributed by atoms with E-state index in [4.69, 9.17) is 30.5 Å². The van der Waals surface area contributed by atoms with Crippen molar-refractivity contribution in [3.05, 3.63) is 50.6 Å². The molecule has 0 aromatic heterocycles. The third kappa shape index (κ3) is 4.41. The van der Waals surface area contributed by atoms with Crippen molar-refractivity contribution < 1.29 is 73.2 Å². The topological polar surface area (TPSA) is 240 Å². The number of esters is 2. The predicted octanol–water partition coefficient (Wildman–Crippen LogP) is 2.60. The number of hydrogen-bond donors (Lipinski definition) is 5. The van der Waals surface area contributed by atoms with Crippen molar-refractivity contribution in [2.45, 2.75) is 99.3 Å². The van der Waals surface area contributed by atoms with Gasteiger partial charge in [-0.05, 0) is 31.9 Å². The molecule has 5 N–H and O–H groups in total. The first-order valence-corrected chi connectivity index (χ1v) is 16.6. The molecule has 7 rings (SSSR count). The lowest BCUT2D eigenvalue weighted by atomic mass is 9.63. The van der Waals surface area contributed by atoms with Gasteiger partial charge in [-0.2, -0.15) is 0 Å². The molecule has 2 aliphatic heterocycles. The number of rotatable bonds is 5. The van der Waals surface area contributed by atoms with E-state index in [1.54, 1.807) is 6.92 Å². The highest BCUT2D eigenvalue weighted by Gasteiger charge is 2.71. The summed E-state index contributed by atoms with van der Waals surface area (Å²) in [5.41, 5.74) is -7.13. The molecule has 2 heterocycles. The number of alkyl halides is 1. The lowest BCUT2D eigenvalue weighted by Crippen LogP contribution is -2.72. The summed E-state index contributed by atoms with van der Waals surface area (Å²) in [6, 6.07) is 1.49. The summed E-state index contributed by atoms with van der Waals surface area (Å²) in [5.74, 6) is -9.97. The molecule has 0 unspecified atom stereocenters. The highest BCUT2D eigenvalue weighted by atomic mass is 35.5. The molecular weight excluding hydrogens is 696 g/mol. The van der Waals surface area contributed by atoms with Crippen molar-refractivity contribution in [2.75, 3.05) is 7.11 Å². The Bertz CT molecular complexity index is 2020. The number of carboxylic acid groups (broad SMARTS) is 1. The fraction of sp³-hybridized carbons (Fsp3) is 0.486. The summed E-state index contributed by atoms with van der Waals surface area (Å²) >= 11 is 6.84. The van der Waals surface area contributed by atoms with Gasteiger partial charge in [0.05, 0.1) is 72.5 Å². The van der Waals surface area contributed by atoms with Gasteiger partial charge in [0.15, 0.2) is 22.8 Å². The van der Waals surface area contributed by atoms with Gasteiger partial charge in [-0.1, -0.05) is 0 Å². The number of methoxy groups -OCH3 is 1. The van der Waals surface area contributed by atoms with Crippen LogP contribution in [0.5, 0.6) is 17.2 Å². The zero-order valence-electron chi connectivity index (χ0n) is 27.7. The van der Waals surface area contributed by atoms with Crippen molar-refractivity contribution in [1.29, 1.82) is 0 Å². The molecule has 51 heavy (non-hydrogen) atoms. The average Bonchev–Trinajstić information content (AvgIpc) is 3.34. The number of aliphatic carboxylic acids is 1. The minimum absolute atomic E-state index is 0.0514. The average molecular weight is 729 g/mol. The Morgan fingerprint density at radius 2 is 1.57 bits per heavy atom. The Hall–Kier alpha value is -4.57. The van der Waals surface area contributed by atoms with Crippen LogP contribution in [-0.4, -0.2) is 96.7 Å². The number of benzene rings is 2. The van der Waals surface area contributed by atoms with Crippen LogP contribution in [0, 0.1) is 0 Å². The van der Waals surface area contributed by atoms with Crippen LogP contribution in [0.3, 0.4) is 0 Å². The largest absolute Gasteiger partial charge is 0.507 e. The number of fused-ring (bicyclic) bond motifs is 10. The summed E-state index contributed by atoms with van der Waals surface area (Å²) in [5, 5.41) is 57.0. The number of halogens is 1. The van der Waals surface area contributed by atoms with E-state index in [0.717, 1.165) is 6.92 Å². The fourth-order valence-electron chi connectivity index (χ4n) is 8.99. The van der Waals surface area contributed by atoms with Crippen molar-refractivity contribution in [2.24, 2.45) is 0 Å². The van der Waals surface area contributed by atoms with Gasteiger partial charge in [-0.15, -0.1) is 11.6 Å². The van der Waals surface area contributed by atoms with E-state index < -0.39 is 135 Å². The van der Waals surface area contributed by atoms with Crippen molar-refractivity contribution in [3.63, 3.8) is 0 Å². The van der Waals surface area contributed by atoms with Crippen LogP contribution in [0.2, 0.25) is 0 Å². The second kappa shape index (κ2) is 11.2. The van der Waals surface area contributed by atoms with Crippen LogP contribution in [0.1, 0.15) is 117 Å². The number of ether oxygens (including phenoxy) is 4. The van der Waals surface area contributed by atoms with Gasteiger partial charge in [-0.25, -0.2) is 0 Å². The number of carbonyl (C=O) groups excluding carboxylic acids is 5. The number of hydrogen-bond acceptors (Lipinski definition) is 14. The summed E-state index contributed by atoms with van der Waals surface area (Å²) in [7, 11) is 1.22. The van der Waals surface area contributed by atoms with E-state index in [2.05, 4.69) is 0 Å². The molecule has 2 aromatic rings. The fourth-order valence-corrected chi connectivity index (χ4v) is 9.50. The Labute approximate surface area is 294 Å². The van der Waals surface area contributed by atoms with Gasteiger partial charge >= 0.3 is 17.9 Å². The highest BCUT2D eigenvalue weighted by molar-refractivity contribution is 6.45. The maximum Gasteiger partial charge on any atom is 0.308 e. The molecule has 15 nitrogen and oxygen atoms in total. The lowest BCUT2D eigenvalue weighted by Gasteiger charge is -2.52. The summed E-state index contributed by atoms with van der Waals surface area (Å²) in [6.45, 7) is 3.87. The highest BCUT2D eigenvalue weighted by Crippen LogP contribution is 2.66. The van der Waals surface area contributed by atoms with Crippen LogP contribution in [0.15, 0.2) is 6.07 Å². The Morgan fingerprint density at radius 1 is 0.922 bits per heavy atom. The number of carbonyl (C=O) groups is 6. The monoisotopic (exact) mass is 728 g/mol. The standard InChI is InChI=1S/C35H33ClO15/c1-11-21-14(5-15(49-11)8-20(40)48-4)6-18-23(28(21)42)27(41)17-10-33(18,51-13(3)37)26-22(17)29(43)24-25(30(26)44)31(45)34(36)9-16(7-19(38)39)50-12(2)35(34,47)32(24)46/h6,11-12,15-17,42-44,47H,5,7-10H2,1-4H3,(H,38,39)/t11-,12-,15-,16-,17-,33-,34+,35+/m0/s1. The Balaban J connectivity index is 1.49. The Morgan fingerprint density at radius 3 is 2.20 bits per heavy atom. The molecule has 270 valence electrons. The van der Waals surface area contributed by atoms with Crippen molar-refractivity contribution >= 4 is 46.9 Å². The molecule has 8 atom stereocenters. The Kier molecular flexibility index (Phi) is 7.66. The smallest absolute Gasteiger partial charge is 0.308 e. The number of ketones is 3. The number of aromatic hydroxyl groups is 3. The number of carboxylic acids is 1. The van der Waals surface area contributed by atoms with E-state index in [9.17, 15) is 54.3 Å². The van der Waals surface area contributed by atoms with Gasteiger partial charge in [0.2, 0.25) is 5.78 Å². The van der Waals surface area contributed by atoms with E-state index in [1.165, 1.54) is 20.1 Å². The predicted molar refractivity (Wildman–Crippen MR) is 169 cm³/mol. The van der Waals surface area contributed by atoms with Crippen molar-refractivity contribution in [1.82, 2.24) is 0 Å².